The molecule has 15 aromatic heterocycles. The van der Waals surface area contributed by atoms with Crippen LogP contribution in [0.5, 0.6) is 12.0 Å². The minimum Gasteiger partial charge on any atom is -0.467 e. The number of H-pyrrole nitrogens is 5. The van der Waals surface area contributed by atoms with E-state index < -0.39 is 12.8 Å². The first-order valence-electron chi connectivity index (χ1n) is 30.7. The van der Waals surface area contributed by atoms with Gasteiger partial charge in [0, 0.05) is 25.1 Å². The standard InChI is InChI=1S/C13H13ClN8O.C13H12ClN5O3.C12H9ClF3N5O2.C12H11ClN6.C10H8BrN5O/c14-12-20-10(16-3-7-1-2-15-6-17-7)9-11(21-12)22-13(19-9)18-8-4-23-5-8;14-12-17-10(15-4-7-2-1-3-21-7)9-11(18-12)19-13(16-9)22-8-5-20-6-8;13-10-19-8(17-4-6-2-1-3-22-6)7-9(20-10)21-11(18-7)23-5-12(14,15)16;1-7-4-14-3-2-8(7)5-15-10-9-11(17-6-16-9)19-12(13)18-10;11-10-15-8(7-9(16-10)14-5-13-7)12-4-6-2-1-3-17-6/h1-2,6,8H,3-5H2,(H3,16,18,19,20,21,22);1-3,8H,4-6H2,(H2,15,16,17,18,19);1-3H,4-5H2,(H2,17,18,19,20,21);2-4,6H,5H2,1H3,(H2,15,16,17,18,19);1-3,5H,4H2,(H2,12,13,14,15,16). The van der Waals surface area contributed by atoms with E-state index in [1.165, 1.54) is 12.6 Å². The second-order valence-electron chi connectivity index (χ2n) is 21.7. The van der Waals surface area contributed by atoms with Crippen molar-refractivity contribution in [3.05, 3.63) is 165 Å². The smallest absolute Gasteiger partial charge is 0.422 e. The van der Waals surface area contributed by atoms with Gasteiger partial charge in [-0.25, -0.2) is 29.9 Å². The number of imidazole rings is 5. The number of furan rings is 3. The van der Waals surface area contributed by atoms with Crippen molar-refractivity contribution in [2.24, 2.45) is 0 Å². The molecule has 17 rings (SSSR count). The van der Waals surface area contributed by atoms with Crippen molar-refractivity contribution < 1.29 is 45.4 Å². The van der Waals surface area contributed by atoms with E-state index in [4.69, 9.17) is 73.9 Å². The van der Waals surface area contributed by atoms with E-state index >= 15 is 0 Å². The minimum absolute atomic E-state index is 0.0171. The largest absolute Gasteiger partial charge is 0.467 e. The molecule has 536 valence electrons. The first kappa shape index (κ1) is 71.0. The van der Waals surface area contributed by atoms with Crippen molar-refractivity contribution in [3.63, 3.8) is 0 Å². The third-order valence-electron chi connectivity index (χ3n) is 14.4. The van der Waals surface area contributed by atoms with Crippen molar-refractivity contribution >= 4 is 153 Å². The lowest BCUT2D eigenvalue weighted by molar-refractivity contribution is -0.154. The van der Waals surface area contributed by atoms with Crippen molar-refractivity contribution in [1.82, 2.24) is 115 Å². The molecule has 2 aliphatic rings. The summed E-state index contributed by atoms with van der Waals surface area (Å²) in [5.41, 5.74) is 8.43. The first-order valence-corrected chi connectivity index (χ1v) is 33.1. The quantitative estimate of drug-likeness (QED) is 0.0298. The van der Waals surface area contributed by atoms with Crippen molar-refractivity contribution in [2.45, 2.75) is 58.0 Å². The van der Waals surface area contributed by atoms with Crippen LogP contribution in [0.15, 0.2) is 123 Å². The lowest BCUT2D eigenvalue weighted by atomic mass is 10.1. The molecule has 0 aliphatic carbocycles. The van der Waals surface area contributed by atoms with Crippen LogP contribution in [-0.2, 0) is 42.2 Å². The Bertz CT molecular complexity index is 5280. The molecule has 44 heteroatoms. The highest BCUT2D eigenvalue weighted by Crippen LogP contribution is 2.29. The highest BCUT2D eigenvalue weighted by molar-refractivity contribution is 9.10. The predicted molar refractivity (Wildman–Crippen MR) is 375 cm³/mol. The number of nitrogens with one attached hydrogen (secondary N) is 11. The van der Waals surface area contributed by atoms with Gasteiger partial charge in [0.25, 0.3) is 12.0 Å². The van der Waals surface area contributed by atoms with Crippen LogP contribution in [0.4, 0.5) is 48.2 Å². The van der Waals surface area contributed by atoms with Gasteiger partial charge in [-0.3, -0.25) is 4.98 Å². The number of aromatic nitrogens is 23. The maximum absolute atomic E-state index is 12.2. The van der Waals surface area contributed by atoms with Crippen LogP contribution in [0, 0.1) is 6.92 Å². The molecule has 0 spiro atoms. The van der Waals surface area contributed by atoms with E-state index in [-0.39, 0.29) is 56.3 Å². The number of anilines is 6. The molecular formula is C60H53BrCl4F3N29O7. The maximum Gasteiger partial charge on any atom is 0.422 e. The number of ether oxygens (including phenoxy) is 4. The Balaban J connectivity index is 0.000000116. The number of hydrogen-bond donors (Lipinski definition) is 11. The van der Waals surface area contributed by atoms with Crippen LogP contribution in [0.1, 0.15) is 34.1 Å². The highest BCUT2D eigenvalue weighted by atomic mass is 79.9. The van der Waals surface area contributed by atoms with E-state index in [2.05, 4.69) is 167 Å². The molecule has 0 atom stereocenters. The number of halogens is 8. The minimum atomic E-state index is -4.47. The zero-order chi connectivity index (χ0) is 71.9. The van der Waals surface area contributed by atoms with Crippen LogP contribution in [-0.4, -0.2) is 166 Å². The van der Waals surface area contributed by atoms with Gasteiger partial charge >= 0.3 is 6.18 Å². The number of fused-ring (bicyclic) bond motifs is 5. The summed E-state index contributed by atoms with van der Waals surface area (Å²) in [5, 5.41) is 19.2. The second-order valence-corrected chi connectivity index (χ2v) is 23.8. The predicted octanol–water partition coefficient (Wildman–Crippen LogP) is 11.0. The Hall–Kier alpha value is -11.4. The van der Waals surface area contributed by atoms with Crippen LogP contribution >= 0.6 is 62.3 Å². The number of hydrogen-bond acceptors (Lipinski definition) is 31. The number of alkyl halides is 3. The average molecular weight is 1570 g/mol. The SMILES string of the molecule is Brc1nc(NCc2ccco2)c2[nH]cnc2n1.Cc1cnccc1CNc1nc(Cl)nc2nc[nH]c12.Clc1nc(NCc2ccco2)c2[nH]c(OC3COC3)nc2n1.Clc1nc(NCc2ccncn2)c2[nH]c(NC3COC3)nc2n1.FC(F)(F)COc1nc2nc(Cl)nc(NCc3ccco3)c2[nH]1. The Morgan fingerprint density at radius 1 is 0.519 bits per heavy atom. The van der Waals surface area contributed by atoms with E-state index in [1.54, 1.807) is 49.7 Å². The molecule has 104 heavy (non-hydrogen) atoms. The van der Waals surface area contributed by atoms with Crippen LogP contribution in [0.3, 0.4) is 0 Å². The van der Waals surface area contributed by atoms with Crippen molar-refractivity contribution in [2.75, 3.05) is 64.9 Å². The lowest BCUT2D eigenvalue weighted by Crippen LogP contribution is -2.40. The molecule has 0 saturated carbocycles. The summed E-state index contributed by atoms with van der Waals surface area (Å²) in [7, 11) is 0. The summed E-state index contributed by atoms with van der Waals surface area (Å²) in [6, 6.07) is 15.0. The molecule has 0 unspecified atom stereocenters. The van der Waals surface area contributed by atoms with Crippen molar-refractivity contribution in [1.29, 1.82) is 0 Å². The number of aryl methyl sites for hydroxylation is 1. The molecule has 0 aromatic carbocycles. The lowest BCUT2D eigenvalue weighted by Gasteiger charge is -2.26. The first-order chi connectivity index (χ1) is 50.5. The van der Waals surface area contributed by atoms with Crippen LogP contribution in [0.25, 0.3) is 55.8 Å². The summed E-state index contributed by atoms with van der Waals surface area (Å²) in [5.74, 6) is 5.60. The number of nitrogens with zero attached hydrogens (tertiary/aromatic N) is 18. The van der Waals surface area contributed by atoms with Gasteiger partial charge in [-0.15, -0.1) is 0 Å². The van der Waals surface area contributed by atoms with Gasteiger partial charge in [0.2, 0.25) is 31.8 Å². The molecule has 11 N–H and O–H groups in total. The molecule has 2 saturated heterocycles. The van der Waals surface area contributed by atoms with Gasteiger partial charge in [-0.1, -0.05) is 0 Å². The molecule has 15 aromatic rings. The summed E-state index contributed by atoms with van der Waals surface area (Å²) < 4.78 is 73.1. The van der Waals surface area contributed by atoms with Gasteiger partial charge in [0.05, 0.1) is 95.8 Å². The molecular weight excluding hydrogens is 1520 g/mol. The van der Waals surface area contributed by atoms with Crippen LogP contribution in [0.2, 0.25) is 21.1 Å². The van der Waals surface area contributed by atoms with Gasteiger partial charge in [0.1, 0.15) is 57.3 Å². The van der Waals surface area contributed by atoms with E-state index in [9.17, 15) is 13.2 Å². The Morgan fingerprint density at radius 2 is 1.01 bits per heavy atom. The van der Waals surface area contributed by atoms with Gasteiger partial charge in [-0.05, 0) is 129 Å². The van der Waals surface area contributed by atoms with E-state index in [0.717, 1.165) is 39.4 Å². The second kappa shape index (κ2) is 33.1. The fourth-order valence-electron chi connectivity index (χ4n) is 9.35. The Labute approximate surface area is 609 Å². The summed E-state index contributed by atoms with van der Waals surface area (Å²) >= 11 is 26.8. The average Bonchev–Trinajstić information content (AvgIpc) is 1.70. The number of pyridine rings is 1. The third kappa shape index (κ3) is 19.0. The summed E-state index contributed by atoms with van der Waals surface area (Å²) in [6.45, 7) is 5.47. The van der Waals surface area contributed by atoms with Gasteiger partial charge in [-0.2, -0.15) is 68.0 Å². The van der Waals surface area contributed by atoms with E-state index in [1.807, 2.05) is 49.5 Å². The molecule has 2 aliphatic heterocycles. The topological polar surface area (TPSA) is 459 Å². The van der Waals surface area contributed by atoms with E-state index in [0.29, 0.717) is 138 Å². The maximum atomic E-state index is 12.2. The normalized spacial score (nSPS) is 12.8. The monoisotopic (exact) mass is 1570 g/mol. The molecule has 0 radical (unpaired) electrons. The highest BCUT2D eigenvalue weighted by Gasteiger charge is 2.30. The summed E-state index contributed by atoms with van der Waals surface area (Å²) in [6.07, 6.45) is 10.2. The summed E-state index contributed by atoms with van der Waals surface area (Å²) in [4.78, 5) is 88.6. The molecule has 2 fully saturated rings. The van der Waals surface area contributed by atoms with Gasteiger partial charge < -0.3 is 89.0 Å². The third-order valence-corrected chi connectivity index (χ3v) is 15.4. The fraction of sp³-hybridized carbons (Fsp3) is 0.233. The Morgan fingerprint density at radius 3 is 1.52 bits per heavy atom. The molecule has 0 amide bonds. The Kier molecular flexibility index (Phi) is 22.6. The number of rotatable bonds is 21. The molecule has 36 nitrogen and oxygen atoms in total. The zero-order valence-electron chi connectivity index (χ0n) is 53.5. The fourth-order valence-corrected chi connectivity index (χ4v) is 10.3. The number of aromatic amines is 5. The van der Waals surface area contributed by atoms with Crippen LogP contribution < -0.4 is 41.4 Å². The molecule has 17 heterocycles. The van der Waals surface area contributed by atoms with Gasteiger partial charge in [0.15, 0.2) is 63.9 Å². The van der Waals surface area contributed by atoms with Crippen molar-refractivity contribution in [3.8, 4) is 12.0 Å². The zero-order valence-corrected chi connectivity index (χ0v) is 58.1. The molecule has 0 bridgehead atoms.